The second-order valence-electron chi connectivity index (χ2n) is 3.28. The van der Waals surface area contributed by atoms with Crippen LogP contribution in [0.15, 0.2) is 22.7 Å². The van der Waals surface area contributed by atoms with E-state index < -0.39 is 23.5 Å². The molecule has 0 bridgehead atoms. The fourth-order valence-corrected chi connectivity index (χ4v) is 1.69. The lowest BCUT2D eigenvalue weighted by Gasteiger charge is -2.09. The van der Waals surface area contributed by atoms with E-state index in [9.17, 15) is 22.8 Å². The maximum absolute atomic E-state index is 12.5. The number of halogens is 4. The van der Waals surface area contributed by atoms with Gasteiger partial charge in [-0.3, -0.25) is 4.79 Å². The number of hydrogen-bond acceptors (Lipinski definition) is 3. The topological polar surface area (TPSA) is 43.4 Å². The third-order valence-electron chi connectivity index (χ3n) is 1.95. The molecule has 0 fully saturated rings. The third kappa shape index (κ3) is 3.56. The molecule has 0 atom stereocenters. The van der Waals surface area contributed by atoms with Gasteiger partial charge in [-0.1, -0.05) is 15.9 Å². The third-order valence-corrected chi connectivity index (χ3v) is 2.41. The summed E-state index contributed by atoms with van der Waals surface area (Å²) >= 11 is 2.86. The summed E-state index contributed by atoms with van der Waals surface area (Å²) in [6.07, 6.45) is -4.59. The lowest BCUT2D eigenvalue weighted by molar-refractivity contribution is -0.139. The Morgan fingerprint density at radius 2 is 1.89 bits per heavy atom. The van der Waals surface area contributed by atoms with Crippen LogP contribution in [-0.2, 0) is 15.7 Å². The molecule has 0 aliphatic rings. The smallest absolute Gasteiger partial charge is 0.416 e. The molecule has 0 heterocycles. The Kier molecular flexibility index (Phi) is 4.50. The Bertz CT molecular complexity index is 483. The molecule has 98 valence electrons. The van der Waals surface area contributed by atoms with E-state index in [2.05, 4.69) is 20.7 Å². The Morgan fingerprint density at radius 3 is 2.39 bits per heavy atom. The van der Waals surface area contributed by atoms with Crippen LogP contribution in [0.4, 0.5) is 13.2 Å². The summed E-state index contributed by atoms with van der Waals surface area (Å²) < 4.78 is 42.0. The molecule has 0 saturated heterocycles. The first-order valence-electron chi connectivity index (χ1n) is 4.85. The highest BCUT2D eigenvalue weighted by atomic mass is 79.9. The SMILES string of the molecule is CCOC(=O)C(=O)c1cc(Br)cc(C(F)(F)F)c1. The van der Waals surface area contributed by atoms with E-state index in [4.69, 9.17) is 0 Å². The van der Waals surface area contributed by atoms with Gasteiger partial charge in [0.25, 0.3) is 5.78 Å². The largest absolute Gasteiger partial charge is 0.460 e. The summed E-state index contributed by atoms with van der Waals surface area (Å²) in [5.41, 5.74) is -1.38. The van der Waals surface area contributed by atoms with Gasteiger partial charge in [-0.05, 0) is 25.1 Å². The lowest BCUT2D eigenvalue weighted by Crippen LogP contribution is -2.18. The highest BCUT2D eigenvalue weighted by Crippen LogP contribution is 2.32. The van der Waals surface area contributed by atoms with Crippen molar-refractivity contribution in [3.05, 3.63) is 33.8 Å². The van der Waals surface area contributed by atoms with E-state index in [1.54, 1.807) is 0 Å². The van der Waals surface area contributed by atoms with Crippen LogP contribution in [0.2, 0.25) is 0 Å². The number of alkyl halides is 3. The molecular formula is C11H8BrF3O3. The summed E-state index contributed by atoms with van der Waals surface area (Å²) in [4.78, 5) is 22.7. The number of ketones is 1. The van der Waals surface area contributed by atoms with Crippen molar-refractivity contribution < 1.29 is 27.5 Å². The van der Waals surface area contributed by atoms with Crippen molar-refractivity contribution in [1.82, 2.24) is 0 Å². The average molecular weight is 325 g/mol. The first-order chi connectivity index (χ1) is 8.25. The Labute approximate surface area is 109 Å². The molecule has 7 heteroatoms. The molecule has 0 radical (unpaired) electrons. The van der Waals surface area contributed by atoms with Crippen molar-refractivity contribution in [3.63, 3.8) is 0 Å². The maximum Gasteiger partial charge on any atom is 0.416 e. The van der Waals surface area contributed by atoms with Crippen molar-refractivity contribution in [3.8, 4) is 0 Å². The number of rotatable bonds is 3. The number of ether oxygens (including phenoxy) is 1. The van der Waals surface area contributed by atoms with Crippen molar-refractivity contribution in [2.24, 2.45) is 0 Å². The van der Waals surface area contributed by atoms with Crippen LogP contribution in [0.1, 0.15) is 22.8 Å². The van der Waals surface area contributed by atoms with Crippen LogP contribution in [0.3, 0.4) is 0 Å². The maximum atomic E-state index is 12.5. The molecule has 18 heavy (non-hydrogen) atoms. The minimum Gasteiger partial charge on any atom is -0.460 e. The highest BCUT2D eigenvalue weighted by molar-refractivity contribution is 9.10. The summed E-state index contributed by atoms with van der Waals surface area (Å²) in [7, 11) is 0. The van der Waals surface area contributed by atoms with Gasteiger partial charge in [0, 0.05) is 10.0 Å². The van der Waals surface area contributed by atoms with Gasteiger partial charge in [0.2, 0.25) is 0 Å². The second-order valence-corrected chi connectivity index (χ2v) is 4.19. The van der Waals surface area contributed by atoms with Crippen molar-refractivity contribution in [2.45, 2.75) is 13.1 Å². The zero-order valence-electron chi connectivity index (χ0n) is 9.18. The Balaban J connectivity index is 3.14. The quantitative estimate of drug-likeness (QED) is 0.487. The van der Waals surface area contributed by atoms with E-state index >= 15 is 0 Å². The average Bonchev–Trinajstić information content (AvgIpc) is 2.26. The van der Waals surface area contributed by atoms with Gasteiger partial charge in [-0.25, -0.2) is 4.79 Å². The summed E-state index contributed by atoms with van der Waals surface area (Å²) in [6.45, 7) is 1.47. The van der Waals surface area contributed by atoms with Gasteiger partial charge in [-0.15, -0.1) is 0 Å². The number of hydrogen-bond donors (Lipinski definition) is 0. The number of benzene rings is 1. The first-order valence-corrected chi connectivity index (χ1v) is 5.64. The monoisotopic (exact) mass is 324 g/mol. The van der Waals surface area contributed by atoms with Gasteiger partial charge >= 0.3 is 12.1 Å². The molecule has 0 amide bonds. The Hall–Kier alpha value is -1.37. The van der Waals surface area contributed by atoms with Gasteiger partial charge in [0.05, 0.1) is 12.2 Å². The number of esters is 1. The van der Waals surface area contributed by atoms with Crippen molar-refractivity contribution in [2.75, 3.05) is 6.61 Å². The van der Waals surface area contributed by atoms with Crippen LogP contribution >= 0.6 is 15.9 Å². The molecule has 0 spiro atoms. The number of carbonyl (C=O) groups is 2. The van der Waals surface area contributed by atoms with Crippen molar-refractivity contribution >= 4 is 27.7 Å². The number of carbonyl (C=O) groups excluding carboxylic acids is 2. The summed E-state index contributed by atoms with van der Waals surface area (Å²) in [5, 5.41) is 0. The van der Waals surface area contributed by atoms with Gasteiger partial charge in [0.1, 0.15) is 0 Å². The molecule has 1 rings (SSSR count). The fourth-order valence-electron chi connectivity index (χ4n) is 1.20. The molecule has 1 aromatic rings. The molecule has 0 aliphatic carbocycles. The molecule has 0 aromatic heterocycles. The van der Waals surface area contributed by atoms with Crippen molar-refractivity contribution in [1.29, 1.82) is 0 Å². The van der Waals surface area contributed by atoms with Crippen LogP contribution in [0, 0.1) is 0 Å². The standard InChI is InChI=1S/C11H8BrF3O3/c1-2-18-10(17)9(16)6-3-7(11(13,14)15)5-8(12)4-6/h3-5H,2H2,1H3. The van der Waals surface area contributed by atoms with E-state index in [0.29, 0.717) is 6.07 Å². The van der Waals surface area contributed by atoms with E-state index in [0.717, 1.165) is 12.1 Å². The van der Waals surface area contributed by atoms with Gasteiger partial charge in [0.15, 0.2) is 0 Å². The predicted molar refractivity (Wildman–Crippen MR) is 60.1 cm³/mol. The molecule has 0 saturated carbocycles. The highest BCUT2D eigenvalue weighted by Gasteiger charge is 2.32. The predicted octanol–water partition coefficient (Wildman–Crippen LogP) is 3.21. The molecule has 0 aliphatic heterocycles. The van der Waals surface area contributed by atoms with Crippen LogP contribution in [0.5, 0.6) is 0 Å². The zero-order chi connectivity index (χ0) is 13.9. The summed E-state index contributed by atoms with van der Waals surface area (Å²) in [5.74, 6) is -2.28. The lowest BCUT2D eigenvalue weighted by atomic mass is 10.1. The second kappa shape index (κ2) is 5.51. The molecule has 3 nitrogen and oxygen atoms in total. The van der Waals surface area contributed by atoms with E-state index in [1.165, 1.54) is 6.92 Å². The Morgan fingerprint density at radius 1 is 1.28 bits per heavy atom. The molecule has 0 N–H and O–H groups in total. The minimum absolute atomic E-state index is 0.0231. The summed E-state index contributed by atoms with van der Waals surface area (Å²) in [6, 6.07) is 2.57. The minimum atomic E-state index is -4.59. The van der Waals surface area contributed by atoms with E-state index in [-0.39, 0.29) is 16.6 Å². The fraction of sp³-hybridized carbons (Fsp3) is 0.273. The van der Waals surface area contributed by atoms with Gasteiger partial charge in [-0.2, -0.15) is 13.2 Å². The van der Waals surface area contributed by atoms with Crippen LogP contribution < -0.4 is 0 Å². The van der Waals surface area contributed by atoms with Crippen LogP contribution in [-0.4, -0.2) is 18.4 Å². The normalized spacial score (nSPS) is 11.2. The zero-order valence-corrected chi connectivity index (χ0v) is 10.8. The van der Waals surface area contributed by atoms with Crippen LogP contribution in [0.25, 0.3) is 0 Å². The molecule has 1 aromatic carbocycles. The molecule has 0 unspecified atom stereocenters. The van der Waals surface area contributed by atoms with Gasteiger partial charge < -0.3 is 4.74 Å². The first kappa shape index (κ1) is 14.7. The van der Waals surface area contributed by atoms with E-state index in [1.807, 2.05) is 0 Å². The number of Topliss-reactive ketones (excluding diaryl/α,β-unsaturated/α-hetero) is 1. The molecular weight excluding hydrogens is 317 g/mol.